The second kappa shape index (κ2) is 7.02. The van der Waals surface area contributed by atoms with Crippen LogP contribution in [0.4, 0.5) is 5.69 Å². The zero-order chi connectivity index (χ0) is 15.2. The molecule has 2 aromatic rings. The van der Waals surface area contributed by atoms with Crippen LogP contribution in [0, 0.1) is 13.8 Å². The number of anilines is 1. The lowest BCUT2D eigenvalue weighted by molar-refractivity contribution is 0.318. The molecule has 0 aromatic heterocycles. The molecule has 112 valence electrons. The fourth-order valence-corrected chi connectivity index (χ4v) is 2.15. The third kappa shape index (κ3) is 4.15. The van der Waals surface area contributed by atoms with E-state index in [4.69, 9.17) is 4.74 Å². The highest BCUT2D eigenvalue weighted by atomic mass is 16.5. The van der Waals surface area contributed by atoms with Gasteiger partial charge in [0, 0.05) is 12.1 Å². The largest absolute Gasteiger partial charge is 0.508 e. The molecule has 2 N–H and O–H groups in total. The maximum absolute atomic E-state index is 9.90. The van der Waals surface area contributed by atoms with Crippen LogP contribution < -0.4 is 10.1 Å². The lowest BCUT2D eigenvalue weighted by Crippen LogP contribution is -2.04. The number of rotatable bonds is 6. The van der Waals surface area contributed by atoms with Gasteiger partial charge in [-0.15, -0.1) is 0 Å². The van der Waals surface area contributed by atoms with Crippen LogP contribution in [0.3, 0.4) is 0 Å². The molecule has 0 spiro atoms. The van der Waals surface area contributed by atoms with Crippen LogP contribution in [0.15, 0.2) is 36.4 Å². The smallest absolute Gasteiger partial charge is 0.142 e. The highest BCUT2D eigenvalue weighted by Gasteiger charge is 2.06. The molecule has 2 aromatic carbocycles. The normalized spacial score (nSPS) is 10.4. The summed E-state index contributed by atoms with van der Waals surface area (Å²) in [4.78, 5) is 0. The predicted octanol–water partition coefficient (Wildman–Crippen LogP) is 4.41. The first-order chi connectivity index (χ1) is 10.1. The number of hydrogen-bond donors (Lipinski definition) is 2. The summed E-state index contributed by atoms with van der Waals surface area (Å²) in [6, 6.07) is 11.7. The van der Waals surface area contributed by atoms with Gasteiger partial charge < -0.3 is 15.2 Å². The van der Waals surface area contributed by atoms with Gasteiger partial charge in [0.15, 0.2) is 0 Å². The topological polar surface area (TPSA) is 41.5 Å². The lowest BCUT2D eigenvalue weighted by Gasteiger charge is -2.14. The fourth-order valence-electron chi connectivity index (χ4n) is 2.15. The van der Waals surface area contributed by atoms with E-state index in [0.29, 0.717) is 18.9 Å². The molecular formula is C18H23NO2. The molecule has 0 aliphatic rings. The summed E-state index contributed by atoms with van der Waals surface area (Å²) < 4.78 is 5.78. The first kappa shape index (κ1) is 15.2. The second-order valence-electron chi connectivity index (χ2n) is 5.33. The third-order valence-electron chi connectivity index (χ3n) is 3.30. The van der Waals surface area contributed by atoms with E-state index in [1.807, 2.05) is 31.2 Å². The number of phenolic OH excluding ortho intramolecular Hbond substituents is 1. The SMILES string of the molecule is CCCOc1cc(C)ccc1NCc1cc(C)ccc1O. The molecule has 0 bridgehead atoms. The zero-order valence-corrected chi connectivity index (χ0v) is 12.9. The van der Waals surface area contributed by atoms with Gasteiger partial charge >= 0.3 is 0 Å². The molecule has 0 saturated heterocycles. The molecule has 2 rings (SSSR count). The minimum Gasteiger partial charge on any atom is -0.508 e. The summed E-state index contributed by atoms with van der Waals surface area (Å²) in [5.74, 6) is 1.18. The third-order valence-corrected chi connectivity index (χ3v) is 3.30. The van der Waals surface area contributed by atoms with Crippen LogP contribution in [-0.2, 0) is 6.54 Å². The Labute approximate surface area is 126 Å². The van der Waals surface area contributed by atoms with Crippen LogP contribution in [0.1, 0.15) is 30.0 Å². The highest BCUT2D eigenvalue weighted by molar-refractivity contribution is 5.58. The number of benzene rings is 2. The highest BCUT2D eigenvalue weighted by Crippen LogP contribution is 2.27. The predicted molar refractivity (Wildman–Crippen MR) is 87.1 cm³/mol. The van der Waals surface area contributed by atoms with E-state index >= 15 is 0 Å². The molecule has 0 aliphatic carbocycles. The number of ether oxygens (including phenoxy) is 1. The molecular weight excluding hydrogens is 262 g/mol. The van der Waals surface area contributed by atoms with Gasteiger partial charge in [-0.2, -0.15) is 0 Å². The Morgan fingerprint density at radius 2 is 1.76 bits per heavy atom. The molecule has 0 radical (unpaired) electrons. The minimum absolute atomic E-state index is 0.316. The summed E-state index contributed by atoms with van der Waals surface area (Å²) in [7, 11) is 0. The molecule has 0 saturated carbocycles. The van der Waals surface area contributed by atoms with Crippen molar-refractivity contribution in [3.8, 4) is 11.5 Å². The van der Waals surface area contributed by atoms with Crippen molar-refractivity contribution in [2.45, 2.75) is 33.7 Å². The first-order valence-corrected chi connectivity index (χ1v) is 7.36. The number of aromatic hydroxyl groups is 1. The van der Waals surface area contributed by atoms with Gasteiger partial charge in [0.2, 0.25) is 0 Å². The van der Waals surface area contributed by atoms with E-state index in [2.05, 4.69) is 25.2 Å². The Morgan fingerprint density at radius 3 is 2.52 bits per heavy atom. The average molecular weight is 285 g/mol. The molecule has 3 heteroatoms. The van der Waals surface area contributed by atoms with E-state index in [1.165, 1.54) is 5.56 Å². The van der Waals surface area contributed by atoms with Gasteiger partial charge in [0.25, 0.3) is 0 Å². The van der Waals surface area contributed by atoms with E-state index in [-0.39, 0.29) is 0 Å². The van der Waals surface area contributed by atoms with Gasteiger partial charge in [0.05, 0.1) is 12.3 Å². The summed E-state index contributed by atoms with van der Waals surface area (Å²) in [6.07, 6.45) is 0.978. The summed E-state index contributed by atoms with van der Waals surface area (Å²) in [5, 5.41) is 13.2. The number of nitrogens with one attached hydrogen (secondary N) is 1. The van der Waals surface area contributed by atoms with Crippen molar-refractivity contribution in [3.05, 3.63) is 53.1 Å². The van der Waals surface area contributed by atoms with Crippen LogP contribution in [0.25, 0.3) is 0 Å². The zero-order valence-electron chi connectivity index (χ0n) is 12.9. The Balaban J connectivity index is 2.13. The van der Waals surface area contributed by atoms with Gasteiger partial charge in [-0.05, 0) is 44.0 Å². The average Bonchev–Trinajstić information content (AvgIpc) is 2.47. The van der Waals surface area contributed by atoms with Gasteiger partial charge in [0.1, 0.15) is 11.5 Å². The first-order valence-electron chi connectivity index (χ1n) is 7.36. The van der Waals surface area contributed by atoms with Crippen LogP contribution in [0.2, 0.25) is 0 Å². The van der Waals surface area contributed by atoms with Crippen molar-refractivity contribution >= 4 is 5.69 Å². The van der Waals surface area contributed by atoms with Crippen LogP contribution in [0.5, 0.6) is 11.5 Å². The van der Waals surface area contributed by atoms with Crippen LogP contribution in [-0.4, -0.2) is 11.7 Å². The number of aryl methyl sites for hydroxylation is 2. The summed E-state index contributed by atoms with van der Waals surface area (Å²) in [5.41, 5.74) is 4.15. The van der Waals surface area contributed by atoms with Crippen molar-refractivity contribution in [1.82, 2.24) is 0 Å². The van der Waals surface area contributed by atoms with E-state index in [0.717, 1.165) is 29.0 Å². The Kier molecular flexibility index (Phi) is 5.09. The fraction of sp³-hybridized carbons (Fsp3) is 0.333. The molecule has 0 unspecified atom stereocenters. The molecule has 0 heterocycles. The van der Waals surface area contributed by atoms with Gasteiger partial charge in [-0.25, -0.2) is 0 Å². The van der Waals surface area contributed by atoms with Crippen molar-refractivity contribution < 1.29 is 9.84 Å². The molecule has 3 nitrogen and oxygen atoms in total. The number of hydrogen-bond acceptors (Lipinski definition) is 3. The molecule has 0 atom stereocenters. The Hall–Kier alpha value is -2.16. The Morgan fingerprint density at radius 1 is 1.05 bits per heavy atom. The van der Waals surface area contributed by atoms with Gasteiger partial charge in [-0.1, -0.05) is 30.7 Å². The quantitative estimate of drug-likeness (QED) is 0.826. The van der Waals surface area contributed by atoms with Gasteiger partial charge in [-0.3, -0.25) is 0 Å². The standard InChI is InChI=1S/C18H23NO2/c1-4-9-21-18-11-14(3)5-7-16(18)19-12-15-10-13(2)6-8-17(15)20/h5-8,10-11,19-20H,4,9,12H2,1-3H3. The maximum atomic E-state index is 9.90. The molecule has 0 fully saturated rings. The second-order valence-corrected chi connectivity index (χ2v) is 5.33. The van der Waals surface area contributed by atoms with E-state index < -0.39 is 0 Å². The maximum Gasteiger partial charge on any atom is 0.142 e. The lowest BCUT2D eigenvalue weighted by atomic mass is 10.1. The summed E-state index contributed by atoms with van der Waals surface area (Å²) >= 11 is 0. The monoisotopic (exact) mass is 285 g/mol. The number of phenols is 1. The Bertz CT molecular complexity index is 608. The molecule has 21 heavy (non-hydrogen) atoms. The van der Waals surface area contributed by atoms with Crippen LogP contribution >= 0.6 is 0 Å². The van der Waals surface area contributed by atoms with Crippen molar-refractivity contribution in [3.63, 3.8) is 0 Å². The summed E-state index contributed by atoms with van der Waals surface area (Å²) in [6.45, 7) is 7.43. The van der Waals surface area contributed by atoms with E-state index in [1.54, 1.807) is 6.07 Å². The molecule has 0 amide bonds. The minimum atomic E-state index is 0.316. The van der Waals surface area contributed by atoms with Crippen molar-refractivity contribution in [2.24, 2.45) is 0 Å². The van der Waals surface area contributed by atoms with Crippen molar-refractivity contribution in [1.29, 1.82) is 0 Å². The van der Waals surface area contributed by atoms with E-state index in [9.17, 15) is 5.11 Å². The molecule has 0 aliphatic heterocycles. The van der Waals surface area contributed by atoms with Crippen molar-refractivity contribution in [2.75, 3.05) is 11.9 Å².